The molecule has 1 aromatic rings. The van der Waals surface area contributed by atoms with Gasteiger partial charge in [-0.2, -0.15) is 0 Å². The lowest BCUT2D eigenvalue weighted by molar-refractivity contribution is 0.587. The Hall–Kier alpha value is -1.09. The maximum Gasteiger partial charge on any atom is 0.129 e. The van der Waals surface area contributed by atoms with Gasteiger partial charge in [0.1, 0.15) is 5.82 Å². The van der Waals surface area contributed by atoms with Crippen LogP contribution in [0.1, 0.15) is 52.7 Å². The largest absolute Gasteiger partial charge is 0.354 e. The fourth-order valence-corrected chi connectivity index (χ4v) is 2.09. The highest BCUT2D eigenvalue weighted by Gasteiger charge is 2.13. The van der Waals surface area contributed by atoms with Crippen molar-refractivity contribution < 1.29 is 0 Å². The highest BCUT2D eigenvalue weighted by atomic mass is 15.2. The second kappa shape index (κ2) is 8.92. The van der Waals surface area contributed by atoms with E-state index in [2.05, 4.69) is 56.1 Å². The van der Waals surface area contributed by atoms with Crippen molar-refractivity contribution in [2.45, 2.75) is 59.5 Å². The number of pyridine rings is 1. The summed E-state index contributed by atoms with van der Waals surface area (Å²) >= 11 is 0. The number of anilines is 1. The second-order valence-corrected chi connectivity index (χ2v) is 5.07. The number of aromatic nitrogens is 1. The molecule has 1 unspecified atom stereocenters. The number of rotatable bonds is 9. The SMILES string of the molecule is CCCCN(c1cccc(CNCC)n1)C(C)CC. The fourth-order valence-electron chi connectivity index (χ4n) is 2.09. The number of nitrogens with zero attached hydrogens (tertiary/aromatic N) is 2. The molecular weight excluding hydrogens is 234 g/mol. The maximum absolute atomic E-state index is 4.80. The highest BCUT2D eigenvalue weighted by molar-refractivity contribution is 5.40. The summed E-state index contributed by atoms with van der Waals surface area (Å²) in [5.74, 6) is 1.12. The molecule has 1 heterocycles. The van der Waals surface area contributed by atoms with Crippen molar-refractivity contribution in [1.29, 1.82) is 0 Å². The molecular formula is C16H29N3. The number of hydrogen-bond donors (Lipinski definition) is 1. The van der Waals surface area contributed by atoms with E-state index in [0.717, 1.165) is 37.6 Å². The zero-order valence-electron chi connectivity index (χ0n) is 12.9. The van der Waals surface area contributed by atoms with Gasteiger partial charge in [0.25, 0.3) is 0 Å². The molecule has 0 aliphatic rings. The fraction of sp³-hybridized carbons (Fsp3) is 0.688. The smallest absolute Gasteiger partial charge is 0.129 e. The van der Waals surface area contributed by atoms with Crippen LogP contribution in [0.3, 0.4) is 0 Å². The van der Waals surface area contributed by atoms with Gasteiger partial charge < -0.3 is 10.2 Å². The van der Waals surface area contributed by atoms with E-state index in [1.165, 1.54) is 12.8 Å². The van der Waals surface area contributed by atoms with E-state index in [1.807, 2.05) is 0 Å². The minimum absolute atomic E-state index is 0.549. The third-order valence-corrected chi connectivity index (χ3v) is 3.52. The predicted molar refractivity (Wildman–Crippen MR) is 83.6 cm³/mol. The molecule has 0 aliphatic heterocycles. The minimum atomic E-state index is 0.549. The third kappa shape index (κ3) is 5.19. The number of hydrogen-bond acceptors (Lipinski definition) is 3. The van der Waals surface area contributed by atoms with Crippen LogP contribution in [0.15, 0.2) is 18.2 Å². The first-order valence-electron chi connectivity index (χ1n) is 7.66. The van der Waals surface area contributed by atoms with Gasteiger partial charge in [-0.05, 0) is 38.4 Å². The zero-order valence-corrected chi connectivity index (χ0v) is 12.9. The molecule has 0 aliphatic carbocycles. The Morgan fingerprint density at radius 1 is 1.26 bits per heavy atom. The van der Waals surface area contributed by atoms with Crippen LogP contribution in [0.2, 0.25) is 0 Å². The molecule has 0 bridgehead atoms. The number of unbranched alkanes of at least 4 members (excludes halogenated alkanes) is 1. The van der Waals surface area contributed by atoms with Crippen LogP contribution in [-0.2, 0) is 6.54 Å². The summed E-state index contributed by atoms with van der Waals surface area (Å²) in [6, 6.07) is 6.91. The Morgan fingerprint density at radius 2 is 2.05 bits per heavy atom. The second-order valence-electron chi connectivity index (χ2n) is 5.07. The third-order valence-electron chi connectivity index (χ3n) is 3.52. The van der Waals surface area contributed by atoms with Crippen molar-refractivity contribution in [2.75, 3.05) is 18.0 Å². The molecule has 0 saturated heterocycles. The van der Waals surface area contributed by atoms with Gasteiger partial charge in [-0.15, -0.1) is 0 Å². The maximum atomic E-state index is 4.80. The molecule has 3 heteroatoms. The molecule has 19 heavy (non-hydrogen) atoms. The van der Waals surface area contributed by atoms with Crippen LogP contribution < -0.4 is 10.2 Å². The van der Waals surface area contributed by atoms with Gasteiger partial charge >= 0.3 is 0 Å². The van der Waals surface area contributed by atoms with Crippen molar-refractivity contribution in [3.05, 3.63) is 23.9 Å². The molecule has 0 radical (unpaired) electrons. The van der Waals surface area contributed by atoms with Gasteiger partial charge in [-0.3, -0.25) is 0 Å². The van der Waals surface area contributed by atoms with E-state index < -0.39 is 0 Å². The Labute approximate surface area is 118 Å². The van der Waals surface area contributed by atoms with E-state index in [9.17, 15) is 0 Å². The van der Waals surface area contributed by atoms with Crippen LogP contribution in [0, 0.1) is 0 Å². The summed E-state index contributed by atoms with van der Waals surface area (Å²) < 4.78 is 0. The van der Waals surface area contributed by atoms with E-state index in [4.69, 9.17) is 4.98 Å². The summed E-state index contributed by atoms with van der Waals surface area (Å²) in [4.78, 5) is 7.24. The number of nitrogens with one attached hydrogen (secondary N) is 1. The molecule has 0 fully saturated rings. The van der Waals surface area contributed by atoms with Crippen molar-refractivity contribution in [1.82, 2.24) is 10.3 Å². The standard InChI is InChI=1S/C16H29N3/c1-5-8-12-19(14(4)6-2)16-11-9-10-15(18-16)13-17-7-3/h9-11,14,17H,5-8,12-13H2,1-4H3. The molecule has 3 nitrogen and oxygen atoms in total. The van der Waals surface area contributed by atoms with Crippen molar-refractivity contribution >= 4 is 5.82 Å². The van der Waals surface area contributed by atoms with E-state index in [0.29, 0.717) is 6.04 Å². The lowest BCUT2D eigenvalue weighted by Gasteiger charge is -2.30. The summed E-state index contributed by atoms with van der Waals surface area (Å²) in [7, 11) is 0. The molecule has 0 aromatic carbocycles. The normalized spacial score (nSPS) is 12.4. The van der Waals surface area contributed by atoms with E-state index in [1.54, 1.807) is 0 Å². The lowest BCUT2D eigenvalue weighted by Crippen LogP contribution is -2.34. The Balaban J connectivity index is 2.81. The molecule has 0 saturated carbocycles. The monoisotopic (exact) mass is 263 g/mol. The van der Waals surface area contributed by atoms with Gasteiger partial charge in [0, 0.05) is 19.1 Å². The van der Waals surface area contributed by atoms with Crippen molar-refractivity contribution in [3.8, 4) is 0 Å². The molecule has 108 valence electrons. The molecule has 1 atom stereocenters. The van der Waals surface area contributed by atoms with Crippen LogP contribution in [0.5, 0.6) is 0 Å². The zero-order chi connectivity index (χ0) is 14.1. The van der Waals surface area contributed by atoms with E-state index >= 15 is 0 Å². The molecule has 0 amide bonds. The highest BCUT2D eigenvalue weighted by Crippen LogP contribution is 2.17. The van der Waals surface area contributed by atoms with E-state index in [-0.39, 0.29) is 0 Å². The van der Waals surface area contributed by atoms with Crippen LogP contribution >= 0.6 is 0 Å². The lowest BCUT2D eigenvalue weighted by atomic mass is 10.2. The molecule has 1 aromatic heterocycles. The van der Waals surface area contributed by atoms with Gasteiger partial charge in [0.05, 0.1) is 5.69 Å². The van der Waals surface area contributed by atoms with Crippen LogP contribution in [0.4, 0.5) is 5.82 Å². The minimum Gasteiger partial charge on any atom is -0.354 e. The summed E-state index contributed by atoms with van der Waals surface area (Å²) in [6.45, 7) is 11.8. The van der Waals surface area contributed by atoms with Crippen molar-refractivity contribution in [2.24, 2.45) is 0 Å². The Morgan fingerprint density at radius 3 is 2.68 bits per heavy atom. The Kier molecular flexibility index (Phi) is 7.49. The summed E-state index contributed by atoms with van der Waals surface area (Å²) in [6.07, 6.45) is 3.61. The first kappa shape index (κ1) is 16.0. The molecule has 1 N–H and O–H groups in total. The first-order valence-corrected chi connectivity index (χ1v) is 7.66. The average molecular weight is 263 g/mol. The molecule has 1 rings (SSSR count). The van der Waals surface area contributed by atoms with Gasteiger partial charge in [0.15, 0.2) is 0 Å². The quantitative estimate of drug-likeness (QED) is 0.738. The van der Waals surface area contributed by atoms with Gasteiger partial charge in [0.2, 0.25) is 0 Å². The summed E-state index contributed by atoms with van der Waals surface area (Å²) in [5, 5.41) is 3.34. The summed E-state index contributed by atoms with van der Waals surface area (Å²) in [5.41, 5.74) is 1.13. The Bertz CT molecular complexity index is 352. The van der Waals surface area contributed by atoms with Crippen LogP contribution in [0.25, 0.3) is 0 Å². The van der Waals surface area contributed by atoms with Crippen LogP contribution in [-0.4, -0.2) is 24.1 Å². The topological polar surface area (TPSA) is 28.2 Å². The predicted octanol–water partition coefficient (Wildman–Crippen LogP) is 3.60. The van der Waals surface area contributed by atoms with Gasteiger partial charge in [-0.25, -0.2) is 4.98 Å². The van der Waals surface area contributed by atoms with Crippen molar-refractivity contribution in [3.63, 3.8) is 0 Å². The van der Waals surface area contributed by atoms with Gasteiger partial charge in [-0.1, -0.05) is 33.3 Å². The average Bonchev–Trinajstić information content (AvgIpc) is 2.45. The molecule has 0 spiro atoms. The first-order chi connectivity index (χ1) is 9.22.